The van der Waals surface area contributed by atoms with Gasteiger partial charge in [0.2, 0.25) is 0 Å². The van der Waals surface area contributed by atoms with E-state index in [4.69, 9.17) is 5.73 Å². The van der Waals surface area contributed by atoms with Crippen LogP contribution in [0.4, 0.5) is 5.69 Å². The molecule has 0 aliphatic rings. The Balaban J connectivity index is 2.37. The van der Waals surface area contributed by atoms with Gasteiger partial charge in [-0.2, -0.15) is 0 Å². The highest BCUT2D eigenvalue weighted by atomic mass is 16.4. The van der Waals surface area contributed by atoms with Crippen LogP contribution in [0.25, 0.3) is 0 Å². The Morgan fingerprint density at radius 1 is 1.04 bits per heavy atom. The SMILES string of the molecule is C=C(CC(c1ccccc1)N(CCCCN)c1ccccc1)C(=O)O. The summed E-state index contributed by atoms with van der Waals surface area (Å²) in [5.74, 6) is -0.948. The van der Waals surface area contributed by atoms with E-state index >= 15 is 0 Å². The number of nitrogens with two attached hydrogens (primary N) is 1. The molecule has 2 aromatic rings. The van der Waals surface area contributed by atoms with Crippen LogP contribution >= 0.6 is 0 Å². The summed E-state index contributed by atoms with van der Waals surface area (Å²) >= 11 is 0. The number of unbranched alkanes of at least 4 members (excludes halogenated alkanes) is 1. The molecule has 0 aliphatic heterocycles. The smallest absolute Gasteiger partial charge is 0.331 e. The monoisotopic (exact) mass is 338 g/mol. The third-order valence-corrected chi connectivity index (χ3v) is 4.24. The lowest BCUT2D eigenvalue weighted by molar-refractivity contribution is -0.132. The fourth-order valence-corrected chi connectivity index (χ4v) is 2.91. The lowest BCUT2D eigenvalue weighted by Crippen LogP contribution is -2.31. The maximum Gasteiger partial charge on any atom is 0.331 e. The van der Waals surface area contributed by atoms with Crippen LogP contribution < -0.4 is 10.6 Å². The number of carboxylic acids is 1. The summed E-state index contributed by atoms with van der Waals surface area (Å²) in [7, 11) is 0. The van der Waals surface area contributed by atoms with Crippen molar-refractivity contribution in [2.45, 2.75) is 25.3 Å². The van der Waals surface area contributed by atoms with Gasteiger partial charge in [-0.3, -0.25) is 0 Å². The normalized spacial score (nSPS) is 11.7. The summed E-state index contributed by atoms with van der Waals surface area (Å²) in [4.78, 5) is 13.6. The van der Waals surface area contributed by atoms with Crippen LogP contribution in [0.1, 0.15) is 30.9 Å². The third kappa shape index (κ3) is 5.47. The van der Waals surface area contributed by atoms with E-state index in [0.29, 0.717) is 13.0 Å². The van der Waals surface area contributed by atoms with Crippen LogP contribution in [0.3, 0.4) is 0 Å². The fourth-order valence-electron chi connectivity index (χ4n) is 2.91. The summed E-state index contributed by atoms with van der Waals surface area (Å²) in [5.41, 5.74) is 8.03. The zero-order valence-corrected chi connectivity index (χ0v) is 14.5. The molecule has 0 aliphatic carbocycles. The number of rotatable bonds is 10. The fraction of sp³-hybridized carbons (Fsp3) is 0.286. The van der Waals surface area contributed by atoms with E-state index in [-0.39, 0.29) is 11.6 Å². The molecule has 0 bridgehead atoms. The lowest BCUT2D eigenvalue weighted by atomic mass is 9.97. The molecule has 2 aromatic carbocycles. The van der Waals surface area contributed by atoms with Crippen molar-refractivity contribution in [2.75, 3.05) is 18.0 Å². The lowest BCUT2D eigenvalue weighted by Gasteiger charge is -2.34. The van der Waals surface area contributed by atoms with Gasteiger partial charge in [0.05, 0.1) is 6.04 Å². The van der Waals surface area contributed by atoms with Gasteiger partial charge in [-0.25, -0.2) is 4.79 Å². The largest absolute Gasteiger partial charge is 0.478 e. The molecule has 3 N–H and O–H groups in total. The van der Waals surface area contributed by atoms with Gasteiger partial charge in [-0.05, 0) is 37.1 Å². The summed E-state index contributed by atoms with van der Waals surface area (Å²) in [6.07, 6.45) is 2.26. The molecule has 2 rings (SSSR count). The zero-order valence-electron chi connectivity index (χ0n) is 14.5. The minimum atomic E-state index is -0.948. The third-order valence-electron chi connectivity index (χ3n) is 4.24. The maximum atomic E-state index is 11.4. The van der Waals surface area contributed by atoms with Crippen LogP contribution in [0.5, 0.6) is 0 Å². The summed E-state index contributed by atoms with van der Waals surface area (Å²) in [6.45, 7) is 5.21. The second-order valence-electron chi connectivity index (χ2n) is 6.06. The van der Waals surface area contributed by atoms with Crippen molar-refractivity contribution in [1.29, 1.82) is 0 Å². The minimum absolute atomic E-state index is 0.0787. The molecular formula is C21H26N2O2. The molecule has 0 fully saturated rings. The van der Waals surface area contributed by atoms with E-state index in [1.807, 2.05) is 48.5 Å². The minimum Gasteiger partial charge on any atom is -0.478 e. The first-order valence-electron chi connectivity index (χ1n) is 8.61. The predicted molar refractivity (Wildman–Crippen MR) is 103 cm³/mol. The van der Waals surface area contributed by atoms with Crippen molar-refractivity contribution in [1.82, 2.24) is 0 Å². The molecular weight excluding hydrogens is 312 g/mol. The number of para-hydroxylation sites is 1. The Morgan fingerprint density at radius 2 is 1.64 bits per heavy atom. The predicted octanol–water partition coefficient (Wildman–Crippen LogP) is 4.00. The van der Waals surface area contributed by atoms with Gasteiger partial charge in [0.1, 0.15) is 0 Å². The van der Waals surface area contributed by atoms with Crippen molar-refractivity contribution in [3.05, 3.63) is 78.4 Å². The van der Waals surface area contributed by atoms with Crippen LogP contribution in [-0.2, 0) is 4.79 Å². The van der Waals surface area contributed by atoms with Crippen molar-refractivity contribution < 1.29 is 9.90 Å². The zero-order chi connectivity index (χ0) is 18.1. The second-order valence-corrected chi connectivity index (χ2v) is 6.06. The van der Waals surface area contributed by atoms with Gasteiger partial charge in [0.15, 0.2) is 0 Å². The van der Waals surface area contributed by atoms with E-state index in [1.165, 1.54) is 0 Å². The molecule has 0 saturated heterocycles. The van der Waals surface area contributed by atoms with Crippen molar-refractivity contribution >= 4 is 11.7 Å². The highest BCUT2D eigenvalue weighted by Crippen LogP contribution is 2.32. The molecule has 0 radical (unpaired) electrons. The highest BCUT2D eigenvalue weighted by Gasteiger charge is 2.23. The number of carbonyl (C=O) groups is 1. The van der Waals surface area contributed by atoms with Crippen LogP contribution in [0.15, 0.2) is 72.8 Å². The molecule has 132 valence electrons. The number of hydrogen-bond donors (Lipinski definition) is 2. The van der Waals surface area contributed by atoms with Gasteiger partial charge < -0.3 is 15.7 Å². The van der Waals surface area contributed by atoms with Crippen LogP contribution in [0, 0.1) is 0 Å². The molecule has 0 heterocycles. The Morgan fingerprint density at radius 3 is 2.20 bits per heavy atom. The topological polar surface area (TPSA) is 66.6 Å². The number of nitrogens with zero attached hydrogens (tertiary/aromatic N) is 1. The summed E-state index contributed by atoms with van der Waals surface area (Å²) in [5, 5.41) is 9.31. The Labute approximate surface area is 149 Å². The Hall–Kier alpha value is -2.59. The number of anilines is 1. The van der Waals surface area contributed by atoms with Gasteiger partial charge in [0.25, 0.3) is 0 Å². The average Bonchev–Trinajstić information content (AvgIpc) is 2.65. The second kappa shape index (κ2) is 9.64. The summed E-state index contributed by atoms with van der Waals surface area (Å²) < 4.78 is 0. The number of aliphatic carboxylic acids is 1. The number of carboxylic acid groups (broad SMARTS) is 1. The first-order valence-corrected chi connectivity index (χ1v) is 8.61. The van der Waals surface area contributed by atoms with E-state index in [2.05, 4.69) is 23.6 Å². The van der Waals surface area contributed by atoms with E-state index in [1.54, 1.807) is 0 Å². The Kier molecular flexibility index (Phi) is 7.23. The van der Waals surface area contributed by atoms with Gasteiger partial charge in [0, 0.05) is 24.2 Å². The van der Waals surface area contributed by atoms with Gasteiger partial charge in [-0.1, -0.05) is 55.1 Å². The number of hydrogen-bond acceptors (Lipinski definition) is 3. The molecule has 0 aromatic heterocycles. The van der Waals surface area contributed by atoms with Gasteiger partial charge >= 0.3 is 5.97 Å². The van der Waals surface area contributed by atoms with E-state index in [0.717, 1.165) is 30.6 Å². The molecule has 0 saturated carbocycles. The molecule has 4 nitrogen and oxygen atoms in total. The maximum absolute atomic E-state index is 11.4. The van der Waals surface area contributed by atoms with Crippen molar-refractivity contribution in [3.63, 3.8) is 0 Å². The first kappa shape index (κ1) is 18.7. The molecule has 1 atom stereocenters. The van der Waals surface area contributed by atoms with Crippen LogP contribution in [-0.4, -0.2) is 24.2 Å². The standard InChI is InChI=1S/C21H26N2O2/c1-17(21(24)25)16-20(18-10-4-2-5-11-18)23(15-9-8-14-22)19-12-6-3-7-13-19/h2-7,10-13,20H,1,8-9,14-16,22H2,(H,24,25). The van der Waals surface area contributed by atoms with Crippen molar-refractivity contribution in [2.24, 2.45) is 5.73 Å². The van der Waals surface area contributed by atoms with Crippen LogP contribution in [0.2, 0.25) is 0 Å². The molecule has 25 heavy (non-hydrogen) atoms. The molecule has 0 amide bonds. The van der Waals surface area contributed by atoms with Gasteiger partial charge in [-0.15, -0.1) is 0 Å². The van der Waals surface area contributed by atoms with Crippen molar-refractivity contribution in [3.8, 4) is 0 Å². The number of benzene rings is 2. The average molecular weight is 338 g/mol. The van der Waals surface area contributed by atoms with E-state index < -0.39 is 5.97 Å². The summed E-state index contributed by atoms with van der Waals surface area (Å²) in [6, 6.07) is 20.0. The van der Waals surface area contributed by atoms with E-state index in [9.17, 15) is 9.90 Å². The quantitative estimate of drug-likeness (QED) is 0.507. The Bertz CT molecular complexity index is 671. The molecule has 4 heteroatoms. The first-order chi connectivity index (χ1) is 12.1. The molecule has 0 spiro atoms. The molecule has 1 unspecified atom stereocenters. The highest BCUT2D eigenvalue weighted by molar-refractivity contribution is 5.86.